The minimum atomic E-state index is -0.570. The maximum absolute atomic E-state index is 12.9. The second-order valence-electron chi connectivity index (χ2n) is 7.64. The van der Waals surface area contributed by atoms with Gasteiger partial charge in [0.15, 0.2) is 0 Å². The van der Waals surface area contributed by atoms with Crippen molar-refractivity contribution in [3.63, 3.8) is 0 Å². The molecule has 3 aromatic rings. The number of piperazine rings is 1. The second kappa shape index (κ2) is 9.28. The van der Waals surface area contributed by atoms with Gasteiger partial charge in [0.1, 0.15) is 5.69 Å². The predicted octanol–water partition coefficient (Wildman–Crippen LogP) is 4.48. The molecule has 8 nitrogen and oxygen atoms in total. The highest BCUT2D eigenvalue weighted by Crippen LogP contribution is 2.32. The van der Waals surface area contributed by atoms with Crippen molar-refractivity contribution in [3.05, 3.63) is 91.2 Å². The Morgan fingerprint density at radius 3 is 1.97 bits per heavy atom. The molecule has 1 aliphatic heterocycles. The van der Waals surface area contributed by atoms with Crippen LogP contribution in [0.4, 0.5) is 5.69 Å². The number of hydrogen-bond acceptors (Lipinski definition) is 5. The highest BCUT2D eigenvalue weighted by molar-refractivity contribution is 6.30. The summed E-state index contributed by atoms with van der Waals surface area (Å²) in [6, 6.07) is 15.4. The molecule has 4 rings (SSSR count). The van der Waals surface area contributed by atoms with Crippen LogP contribution >= 0.6 is 23.2 Å². The van der Waals surface area contributed by atoms with E-state index in [1.165, 1.54) is 6.92 Å². The summed E-state index contributed by atoms with van der Waals surface area (Å²) >= 11 is 12.2. The lowest BCUT2D eigenvalue weighted by Crippen LogP contribution is -2.50. The van der Waals surface area contributed by atoms with E-state index in [4.69, 9.17) is 23.2 Å². The SMILES string of the molecule is Cc1[nH]nc(C(=O)N2CCN(C(c3ccc(Cl)cc3)c3ccc(Cl)cc3)CC2)c1[N+](=O)[O-]. The molecule has 0 bridgehead atoms. The van der Waals surface area contributed by atoms with Gasteiger partial charge in [-0.25, -0.2) is 0 Å². The van der Waals surface area contributed by atoms with Gasteiger partial charge >= 0.3 is 5.69 Å². The molecule has 0 saturated carbocycles. The predicted molar refractivity (Wildman–Crippen MR) is 122 cm³/mol. The number of nitrogens with zero attached hydrogens (tertiary/aromatic N) is 4. The lowest BCUT2D eigenvalue weighted by Gasteiger charge is -2.39. The Labute approximate surface area is 194 Å². The Hall–Kier alpha value is -2.94. The lowest BCUT2D eigenvalue weighted by molar-refractivity contribution is -0.385. The van der Waals surface area contributed by atoms with Crippen LogP contribution in [0.1, 0.15) is 33.4 Å². The zero-order valence-corrected chi connectivity index (χ0v) is 18.8. The molecule has 0 atom stereocenters. The third-order valence-corrected chi connectivity index (χ3v) is 6.14. The van der Waals surface area contributed by atoms with Gasteiger partial charge in [-0.1, -0.05) is 47.5 Å². The van der Waals surface area contributed by atoms with Crippen molar-refractivity contribution in [3.8, 4) is 0 Å². The number of halogens is 2. The summed E-state index contributed by atoms with van der Waals surface area (Å²) in [5.74, 6) is -0.435. The van der Waals surface area contributed by atoms with Crippen LogP contribution in [0.25, 0.3) is 0 Å². The van der Waals surface area contributed by atoms with Crippen molar-refractivity contribution in [2.75, 3.05) is 26.2 Å². The van der Waals surface area contributed by atoms with Crippen LogP contribution in [0.3, 0.4) is 0 Å². The summed E-state index contributed by atoms with van der Waals surface area (Å²) in [7, 11) is 0. The highest BCUT2D eigenvalue weighted by Gasteiger charge is 2.34. The zero-order chi connectivity index (χ0) is 22.8. The average Bonchev–Trinajstić information content (AvgIpc) is 3.18. The molecule has 1 fully saturated rings. The number of amides is 1. The van der Waals surface area contributed by atoms with Gasteiger partial charge < -0.3 is 4.90 Å². The van der Waals surface area contributed by atoms with Crippen molar-refractivity contribution in [1.29, 1.82) is 0 Å². The Bertz CT molecular complexity index is 1080. The quantitative estimate of drug-likeness (QED) is 0.435. The maximum Gasteiger partial charge on any atom is 0.322 e. The number of benzene rings is 2. The Balaban J connectivity index is 1.55. The van der Waals surface area contributed by atoms with Gasteiger partial charge in [0.2, 0.25) is 5.69 Å². The van der Waals surface area contributed by atoms with Crippen LogP contribution in [0.15, 0.2) is 48.5 Å². The number of nitrogens with one attached hydrogen (secondary N) is 1. The average molecular weight is 474 g/mol. The Morgan fingerprint density at radius 1 is 1.00 bits per heavy atom. The standard InChI is InChI=1S/C22H21Cl2N5O3/c1-14-20(29(31)32)19(26-25-14)22(30)28-12-10-27(11-13-28)21(15-2-6-17(23)7-3-15)16-4-8-18(24)9-5-16/h2-9,21H,10-13H2,1H3,(H,25,26). The fraction of sp³-hybridized carbons (Fsp3) is 0.273. The summed E-state index contributed by atoms with van der Waals surface area (Å²) in [6.07, 6.45) is 0. The number of carbonyl (C=O) groups excluding carboxylic acids is 1. The van der Waals surface area contributed by atoms with E-state index >= 15 is 0 Å². The van der Waals surface area contributed by atoms with Gasteiger partial charge in [-0.2, -0.15) is 5.10 Å². The van der Waals surface area contributed by atoms with E-state index in [0.717, 1.165) is 11.1 Å². The van der Waals surface area contributed by atoms with Gasteiger partial charge in [0, 0.05) is 36.2 Å². The number of hydrogen-bond donors (Lipinski definition) is 1. The van der Waals surface area contributed by atoms with Gasteiger partial charge in [0.05, 0.1) is 11.0 Å². The number of aryl methyl sites for hydroxylation is 1. The summed E-state index contributed by atoms with van der Waals surface area (Å²) in [4.78, 5) is 27.6. The van der Waals surface area contributed by atoms with E-state index in [1.807, 2.05) is 48.5 Å². The molecule has 0 unspecified atom stereocenters. The molecule has 1 saturated heterocycles. The van der Waals surface area contributed by atoms with Crippen LogP contribution < -0.4 is 0 Å². The van der Waals surface area contributed by atoms with Gasteiger partial charge in [-0.3, -0.25) is 24.9 Å². The maximum atomic E-state index is 12.9. The first-order valence-corrected chi connectivity index (χ1v) is 10.8. The van der Waals surface area contributed by atoms with Crippen molar-refractivity contribution in [2.24, 2.45) is 0 Å². The molecule has 32 heavy (non-hydrogen) atoms. The minimum absolute atomic E-state index is 0.0382. The normalized spacial score (nSPS) is 14.7. The molecule has 0 aliphatic carbocycles. The van der Waals surface area contributed by atoms with Gasteiger partial charge in [0.25, 0.3) is 5.91 Å². The number of rotatable bonds is 5. The Morgan fingerprint density at radius 2 is 1.50 bits per heavy atom. The summed E-state index contributed by atoms with van der Waals surface area (Å²) < 4.78 is 0. The first-order chi connectivity index (χ1) is 15.3. The molecular weight excluding hydrogens is 453 g/mol. The highest BCUT2D eigenvalue weighted by atomic mass is 35.5. The molecule has 166 valence electrons. The third-order valence-electron chi connectivity index (χ3n) is 5.64. The smallest absolute Gasteiger partial charge is 0.322 e. The number of carbonyl (C=O) groups is 1. The van der Waals surface area contributed by atoms with Crippen molar-refractivity contribution < 1.29 is 9.72 Å². The van der Waals surface area contributed by atoms with E-state index in [0.29, 0.717) is 36.2 Å². The van der Waals surface area contributed by atoms with Crippen molar-refractivity contribution in [2.45, 2.75) is 13.0 Å². The minimum Gasteiger partial charge on any atom is -0.334 e. The van der Waals surface area contributed by atoms with E-state index in [1.54, 1.807) is 4.90 Å². The van der Waals surface area contributed by atoms with Crippen LogP contribution in [-0.2, 0) is 0 Å². The largest absolute Gasteiger partial charge is 0.334 e. The van der Waals surface area contributed by atoms with Crippen molar-refractivity contribution in [1.82, 2.24) is 20.0 Å². The number of aromatic nitrogens is 2. The number of H-pyrrole nitrogens is 1. The van der Waals surface area contributed by atoms with E-state index in [-0.39, 0.29) is 23.1 Å². The molecule has 1 aromatic heterocycles. The molecule has 0 radical (unpaired) electrons. The van der Waals surface area contributed by atoms with Crippen LogP contribution in [0, 0.1) is 17.0 Å². The van der Waals surface area contributed by atoms with Crippen molar-refractivity contribution >= 4 is 34.8 Å². The Kier molecular flexibility index (Phi) is 6.45. The third kappa shape index (κ3) is 4.48. The van der Waals surface area contributed by atoms with Gasteiger partial charge in [-0.05, 0) is 42.3 Å². The molecule has 2 aromatic carbocycles. The van der Waals surface area contributed by atoms with Gasteiger partial charge in [-0.15, -0.1) is 0 Å². The van der Waals surface area contributed by atoms with E-state index in [2.05, 4.69) is 15.1 Å². The monoisotopic (exact) mass is 473 g/mol. The van der Waals surface area contributed by atoms with Crippen LogP contribution in [0.2, 0.25) is 10.0 Å². The summed E-state index contributed by atoms with van der Waals surface area (Å²) in [5, 5.41) is 19.1. The molecule has 1 aliphatic rings. The first-order valence-electron chi connectivity index (χ1n) is 10.1. The molecule has 0 spiro atoms. The molecule has 2 heterocycles. The van der Waals surface area contributed by atoms with E-state index in [9.17, 15) is 14.9 Å². The fourth-order valence-electron chi connectivity index (χ4n) is 4.03. The molecular formula is C22H21Cl2N5O3. The molecule has 10 heteroatoms. The fourth-order valence-corrected chi connectivity index (χ4v) is 4.28. The summed E-state index contributed by atoms with van der Waals surface area (Å²) in [5.41, 5.74) is 2.01. The second-order valence-corrected chi connectivity index (χ2v) is 8.51. The van der Waals surface area contributed by atoms with E-state index < -0.39 is 10.8 Å². The number of aromatic amines is 1. The topological polar surface area (TPSA) is 95.4 Å². The van der Waals surface area contributed by atoms with Crippen LogP contribution in [0.5, 0.6) is 0 Å². The summed E-state index contributed by atoms with van der Waals surface area (Å²) in [6.45, 7) is 3.58. The zero-order valence-electron chi connectivity index (χ0n) is 17.3. The lowest BCUT2D eigenvalue weighted by atomic mass is 9.96. The number of nitro groups is 1. The van der Waals surface area contributed by atoms with Crippen LogP contribution in [-0.4, -0.2) is 57.0 Å². The molecule has 1 N–H and O–H groups in total. The molecule has 1 amide bonds. The first kappa shape index (κ1) is 22.3.